The van der Waals surface area contributed by atoms with E-state index in [2.05, 4.69) is 0 Å². The molecule has 0 saturated heterocycles. The molecule has 0 atom stereocenters. The molecule has 4 bridgehead atoms. The lowest BCUT2D eigenvalue weighted by Gasteiger charge is -2.05. The third kappa shape index (κ3) is 2.06. The van der Waals surface area contributed by atoms with E-state index in [4.69, 9.17) is 0 Å². The summed E-state index contributed by atoms with van der Waals surface area (Å²) in [7, 11) is 0. The van der Waals surface area contributed by atoms with Crippen molar-refractivity contribution in [3.05, 3.63) is 70.3 Å². The van der Waals surface area contributed by atoms with Crippen molar-refractivity contribution in [1.29, 1.82) is 0 Å². The van der Waals surface area contributed by atoms with Gasteiger partial charge in [0.25, 0.3) is 0 Å². The first-order chi connectivity index (χ1) is 8.72. The van der Waals surface area contributed by atoms with Crippen molar-refractivity contribution in [1.82, 2.24) is 0 Å². The lowest BCUT2D eigenvalue weighted by atomic mass is 10.0. The molecule has 2 heteroatoms. The predicted molar refractivity (Wildman–Crippen MR) is 72.2 cm³/mol. The maximum atomic E-state index is 10.0. The molecule has 0 heterocycles. The van der Waals surface area contributed by atoms with Gasteiger partial charge in [-0.05, 0) is 36.1 Å². The fraction of sp³-hybridized carbons (Fsp3) is 0.250. The molecule has 0 aromatic heterocycles. The van der Waals surface area contributed by atoms with Crippen LogP contribution in [0.25, 0.3) is 0 Å². The average Bonchev–Trinajstić information content (AvgIpc) is 3.01. The minimum Gasteiger partial charge on any atom is -0.512 e. The van der Waals surface area contributed by atoms with Gasteiger partial charge in [0, 0.05) is 24.0 Å². The summed E-state index contributed by atoms with van der Waals surface area (Å²) in [5.41, 5.74) is 4.15. The van der Waals surface area contributed by atoms with Gasteiger partial charge < -0.3 is 10.2 Å². The van der Waals surface area contributed by atoms with E-state index in [-0.39, 0.29) is 0 Å². The molecule has 0 aromatic carbocycles. The summed E-state index contributed by atoms with van der Waals surface area (Å²) in [5, 5.41) is 20.1. The molecule has 0 aliphatic heterocycles. The molecule has 0 saturated carbocycles. The smallest absolute Gasteiger partial charge is 0.0998 e. The standard InChI is InChI=1S/C16H16O2/c17-15-8-4-12-2-6-14(10-12)16(18)7-3-11-1-5-13(15)9-11/h1-2,5-6,9-10,17-18H,3-4,7-8H2/b15-13+,16-14?. The van der Waals surface area contributed by atoms with Crippen LogP contribution in [0.15, 0.2) is 70.3 Å². The fourth-order valence-electron chi connectivity index (χ4n) is 2.47. The molecule has 3 aliphatic rings. The van der Waals surface area contributed by atoms with E-state index in [9.17, 15) is 10.2 Å². The second-order valence-electron chi connectivity index (χ2n) is 4.91. The van der Waals surface area contributed by atoms with Crippen LogP contribution in [0.5, 0.6) is 0 Å². The Balaban J connectivity index is 1.95. The zero-order chi connectivity index (χ0) is 12.5. The summed E-state index contributed by atoms with van der Waals surface area (Å²) in [4.78, 5) is 0. The van der Waals surface area contributed by atoms with Gasteiger partial charge in [0.1, 0.15) is 0 Å². The highest BCUT2D eigenvalue weighted by Crippen LogP contribution is 2.29. The Morgan fingerprint density at radius 2 is 1.06 bits per heavy atom. The number of aliphatic hydroxyl groups is 2. The Bertz CT molecular complexity index is 514. The third-order valence-electron chi connectivity index (χ3n) is 3.60. The first-order valence-electron chi connectivity index (χ1n) is 6.34. The van der Waals surface area contributed by atoms with Crippen molar-refractivity contribution in [2.75, 3.05) is 0 Å². The van der Waals surface area contributed by atoms with Crippen LogP contribution in [0.4, 0.5) is 0 Å². The average molecular weight is 240 g/mol. The zero-order valence-corrected chi connectivity index (χ0v) is 10.2. The second-order valence-corrected chi connectivity index (χ2v) is 4.91. The van der Waals surface area contributed by atoms with Crippen LogP contribution < -0.4 is 0 Å². The topological polar surface area (TPSA) is 40.5 Å². The van der Waals surface area contributed by atoms with Gasteiger partial charge in [0.15, 0.2) is 0 Å². The highest BCUT2D eigenvalue weighted by Gasteiger charge is 2.13. The minimum atomic E-state index is 0.456. The summed E-state index contributed by atoms with van der Waals surface area (Å²) in [6.07, 6.45) is 14.9. The third-order valence-corrected chi connectivity index (χ3v) is 3.60. The minimum absolute atomic E-state index is 0.456. The molecule has 0 spiro atoms. The van der Waals surface area contributed by atoms with Crippen LogP contribution in [-0.2, 0) is 0 Å². The van der Waals surface area contributed by atoms with E-state index >= 15 is 0 Å². The summed E-state index contributed by atoms with van der Waals surface area (Å²) >= 11 is 0. The van der Waals surface area contributed by atoms with Crippen molar-refractivity contribution in [2.45, 2.75) is 25.7 Å². The summed E-state index contributed by atoms with van der Waals surface area (Å²) in [6, 6.07) is 0. The highest BCUT2D eigenvalue weighted by atomic mass is 16.3. The Hall–Kier alpha value is -1.96. The second kappa shape index (κ2) is 4.37. The quantitative estimate of drug-likeness (QED) is 0.667. The Kier molecular flexibility index (Phi) is 2.71. The number of hydrogen-bond acceptors (Lipinski definition) is 2. The van der Waals surface area contributed by atoms with Crippen LogP contribution >= 0.6 is 0 Å². The van der Waals surface area contributed by atoms with Gasteiger partial charge in [-0.2, -0.15) is 0 Å². The highest BCUT2D eigenvalue weighted by molar-refractivity contribution is 5.50. The number of aliphatic hydroxyl groups excluding tert-OH is 2. The van der Waals surface area contributed by atoms with E-state index in [1.165, 1.54) is 0 Å². The van der Waals surface area contributed by atoms with Crippen LogP contribution in [-0.4, -0.2) is 10.2 Å². The Labute approximate surface area is 107 Å². The number of fused-ring (bicyclic) bond motifs is 2. The molecule has 2 nitrogen and oxygen atoms in total. The van der Waals surface area contributed by atoms with Gasteiger partial charge >= 0.3 is 0 Å². The lowest BCUT2D eigenvalue weighted by molar-refractivity contribution is 0.384. The fourth-order valence-corrected chi connectivity index (χ4v) is 2.47. The molecule has 2 N–H and O–H groups in total. The van der Waals surface area contributed by atoms with Crippen LogP contribution in [0, 0.1) is 0 Å². The molecular weight excluding hydrogens is 224 g/mol. The summed E-state index contributed by atoms with van der Waals surface area (Å²) < 4.78 is 0. The maximum Gasteiger partial charge on any atom is 0.0998 e. The van der Waals surface area contributed by atoms with Crippen molar-refractivity contribution >= 4 is 0 Å². The molecule has 0 radical (unpaired) electrons. The SMILES string of the molecule is OC1=C2C=CC(=C2)CC/C(O)=C2/C=CC(=C2)CC1. The number of allylic oxidation sites excluding steroid dienone is 12. The van der Waals surface area contributed by atoms with E-state index in [0.29, 0.717) is 24.4 Å². The van der Waals surface area contributed by atoms with E-state index in [1.807, 2.05) is 36.5 Å². The molecule has 3 rings (SSSR count). The van der Waals surface area contributed by atoms with Crippen molar-refractivity contribution in [2.24, 2.45) is 0 Å². The van der Waals surface area contributed by atoms with Crippen molar-refractivity contribution in [3.8, 4) is 0 Å². The normalized spacial score (nSPS) is 26.9. The molecule has 92 valence electrons. The lowest BCUT2D eigenvalue weighted by Crippen LogP contribution is -1.90. The van der Waals surface area contributed by atoms with E-state index in [0.717, 1.165) is 35.1 Å². The van der Waals surface area contributed by atoms with E-state index in [1.54, 1.807) is 0 Å². The first-order valence-corrected chi connectivity index (χ1v) is 6.34. The van der Waals surface area contributed by atoms with Crippen LogP contribution in [0.2, 0.25) is 0 Å². The molecular formula is C16H16O2. The van der Waals surface area contributed by atoms with Crippen molar-refractivity contribution in [3.63, 3.8) is 0 Å². The maximum absolute atomic E-state index is 10.0. The van der Waals surface area contributed by atoms with Gasteiger partial charge in [0.2, 0.25) is 0 Å². The van der Waals surface area contributed by atoms with Gasteiger partial charge in [0.05, 0.1) is 11.5 Å². The van der Waals surface area contributed by atoms with Gasteiger partial charge in [-0.25, -0.2) is 0 Å². The molecule has 18 heavy (non-hydrogen) atoms. The summed E-state index contributed by atoms with van der Waals surface area (Å²) in [5.74, 6) is 0.913. The van der Waals surface area contributed by atoms with Gasteiger partial charge in [-0.1, -0.05) is 24.3 Å². The van der Waals surface area contributed by atoms with Crippen LogP contribution in [0.3, 0.4) is 0 Å². The Morgan fingerprint density at radius 3 is 1.50 bits per heavy atom. The van der Waals surface area contributed by atoms with Gasteiger partial charge in [-0.15, -0.1) is 0 Å². The monoisotopic (exact) mass is 240 g/mol. The molecule has 0 aromatic rings. The molecule has 0 amide bonds. The Morgan fingerprint density at radius 1 is 0.611 bits per heavy atom. The van der Waals surface area contributed by atoms with Crippen molar-refractivity contribution < 1.29 is 10.2 Å². The number of hydrogen-bond donors (Lipinski definition) is 2. The number of rotatable bonds is 0. The first kappa shape index (κ1) is 11.1. The molecule has 3 aliphatic carbocycles. The molecule has 0 unspecified atom stereocenters. The largest absolute Gasteiger partial charge is 0.512 e. The zero-order valence-electron chi connectivity index (χ0n) is 10.2. The molecule has 0 fully saturated rings. The summed E-state index contributed by atoms with van der Waals surface area (Å²) in [6.45, 7) is 0. The predicted octanol–water partition coefficient (Wildman–Crippen LogP) is 4.18. The van der Waals surface area contributed by atoms with Crippen LogP contribution in [0.1, 0.15) is 25.7 Å². The van der Waals surface area contributed by atoms with E-state index < -0.39 is 0 Å². The van der Waals surface area contributed by atoms with Gasteiger partial charge in [-0.3, -0.25) is 0 Å².